The van der Waals surface area contributed by atoms with Crippen LogP contribution in [0.25, 0.3) is 5.69 Å². The first kappa shape index (κ1) is 9.79. The molecule has 0 unspecified atom stereocenters. The van der Waals surface area contributed by atoms with Crippen molar-refractivity contribution < 1.29 is 8.78 Å². The molecule has 0 fully saturated rings. The molecule has 0 spiro atoms. The second-order valence-corrected chi connectivity index (χ2v) is 3.03. The molecule has 0 aliphatic carbocycles. The van der Waals surface area contributed by atoms with E-state index in [0.717, 1.165) is 4.68 Å². The lowest BCUT2D eigenvalue weighted by atomic mass is 10.3. The minimum Gasteiger partial charge on any atom is -0.326 e. The van der Waals surface area contributed by atoms with Gasteiger partial charge in [0.05, 0.1) is 6.20 Å². The maximum Gasteiger partial charge on any atom is 0.220 e. The summed E-state index contributed by atoms with van der Waals surface area (Å²) in [6, 6.07) is 5.84. The average molecular weight is 209 g/mol. The fourth-order valence-electron chi connectivity index (χ4n) is 1.30. The highest BCUT2D eigenvalue weighted by Gasteiger charge is 2.12. The monoisotopic (exact) mass is 209 g/mol. The Bertz CT molecular complexity index is 479. The van der Waals surface area contributed by atoms with Crippen molar-refractivity contribution in [3.63, 3.8) is 0 Å². The molecule has 0 saturated carbocycles. The molecular formula is C10H9F2N3. The second kappa shape index (κ2) is 3.78. The predicted octanol–water partition coefficient (Wildman–Crippen LogP) is 1.61. The molecule has 0 amide bonds. The molecule has 78 valence electrons. The third kappa shape index (κ3) is 1.61. The van der Waals surface area contributed by atoms with E-state index in [1.807, 2.05) is 0 Å². The number of benzene rings is 1. The number of aromatic nitrogens is 2. The Kier molecular flexibility index (Phi) is 2.47. The van der Waals surface area contributed by atoms with Crippen molar-refractivity contribution in [3.8, 4) is 5.69 Å². The van der Waals surface area contributed by atoms with Crippen molar-refractivity contribution in [1.82, 2.24) is 9.78 Å². The van der Waals surface area contributed by atoms with Gasteiger partial charge in [0.1, 0.15) is 11.5 Å². The summed E-state index contributed by atoms with van der Waals surface area (Å²) in [6.45, 7) is 0.0420. The smallest absolute Gasteiger partial charge is 0.220 e. The van der Waals surface area contributed by atoms with Gasteiger partial charge in [0, 0.05) is 12.1 Å². The predicted molar refractivity (Wildman–Crippen MR) is 51.4 cm³/mol. The Morgan fingerprint density at radius 1 is 1.27 bits per heavy atom. The summed E-state index contributed by atoms with van der Waals surface area (Å²) in [5.41, 5.74) is 5.63. The highest BCUT2D eigenvalue weighted by molar-refractivity contribution is 5.33. The summed E-state index contributed by atoms with van der Waals surface area (Å²) in [4.78, 5) is 0. The summed E-state index contributed by atoms with van der Waals surface area (Å²) >= 11 is 0. The summed E-state index contributed by atoms with van der Waals surface area (Å²) < 4.78 is 27.8. The highest BCUT2D eigenvalue weighted by Crippen LogP contribution is 2.15. The zero-order valence-electron chi connectivity index (χ0n) is 7.82. The van der Waals surface area contributed by atoms with Crippen molar-refractivity contribution >= 4 is 0 Å². The SMILES string of the molecule is NCc1cnn(-c2ccccc2F)c1F. The molecule has 5 heteroatoms. The van der Waals surface area contributed by atoms with Crippen LogP contribution in [0.1, 0.15) is 5.56 Å². The van der Waals surface area contributed by atoms with Gasteiger partial charge in [0.15, 0.2) is 0 Å². The third-order valence-electron chi connectivity index (χ3n) is 2.08. The van der Waals surface area contributed by atoms with Crippen molar-refractivity contribution in [2.45, 2.75) is 6.54 Å². The lowest BCUT2D eigenvalue weighted by Crippen LogP contribution is -2.04. The molecule has 0 saturated heterocycles. The normalized spacial score (nSPS) is 10.6. The van der Waals surface area contributed by atoms with E-state index in [1.54, 1.807) is 6.07 Å². The first-order chi connectivity index (χ1) is 7.24. The minimum absolute atomic E-state index is 0.0420. The van der Waals surface area contributed by atoms with Crippen molar-refractivity contribution in [2.75, 3.05) is 0 Å². The van der Waals surface area contributed by atoms with Crippen molar-refractivity contribution in [2.24, 2.45) is 5.73 Å². The van der Waals surface area contributed by atoms with Gasteiger partial charge >= 0.3 is 0 Å². The first-order valence-electron chi connectivity index (χ1n) is 4.41. The van der Waals surface area contributed by atoms with E-state index >= 15 is 0 Å². The van der Waals surface area contributed by atoms with E-state index < -0.39 is 11.8 Å². The van der Waals surface area contributed by atoms with Gasteiger partial charge in [-0.1, -0.05) is 12.1 Å². The molecule has 0 aliphatic rings. The largest absolute Gasteiger partial charge is 0.326 e. The summed E-state index contributed by atoms with van der Waals surface area (Å²) in [6.07, 6.45) is 1.29. The molecule has 0 radical (unpaired) electrons. The topological polar surface area (TPSA) is 43.8 Å². The summed E-state index contributed by atoms with van der Waals surface area (Å²) in [5.74, 6) is -1.15. The maximum absolute atomic E-state index is 13.6. The number of hydrogen-bond donors (Lipinski definition) is 1. The van der Waals surface area contributed by atoms with Crippen LogP contribution in [-0.4, -0.2) is 9.78 Å². The Balaban J connectivity index is 2.55. The Morgan fingerprint density at radius 3 is 2.60 bits per heavy atom. The number of nitrogens with two attached hydrogens (primary N) is 1. The molecule has 2 rings (SSSR count). The fraction of sp³-hybridized carbons (Fsp3) is 0.100. The lowest BCUT2D eigenvalue weighted by Gasteiger charge is -2.03. The van der Waals surface area contributed by atoms with Crippen LogP contribution in [0, 0.1) is 11.8 Å². The average Bonchev–Trinajstić information content (AvgIpc) is 2.60. The molecule has 2 aromatic rings. The van der Waals surface area contributed by atoms with Gasteiger partial charge in [-0.05, 0) is 12.1 Å². The number of halogens is 2. The number of hydrogen-bond acceptors (Lipinski definition) is 2. The van der Waals surface area contributed by atoms with E-state index in [-0.39, 0.29) is 17.8 Å². The zero-order valence-corrected chi connectivity index (χ0v) is 7.82. The van der Waals surface area contributed by atoms with Crippen LogP contribution in [0.3, 0.4) is 0 Å². The quantitative estimate of drug-likeness (QED) is 0.816. The Labute approximate surface area is 85.1 Å². The van der Waals surface area contributed by atoms with Crippen LogP contribution >= 0.6 is 0 Å². The Hall–Kier alpha value is -1.75. The molecule has 0 aliphatic heterocycles. The molecule has 1 heterocycles. The zero-order chi connectivity index (χ0) is 10.8. The van der Waals surface area contributed by atoms with Gasteiger partial charge in [-0.2, -0.15) is 9.49 Å². The number of nitrogens with zero attached hydrogens (tertiary/aromatic N) is 2. The van der Waals surface area contributed by atoms with Crippen LogP contribution in [0.15, 0.2) is 30.5 Å². The van der Waals surface area contributed by atoms with Crippen LogP contribution in [-0.2, 0) is 6.54 Å². The van der Waals surface area contributed by atoms with Crippen LogP contribution in [0.2, 0.25) is 0 Å². The molecule has 1 aromatic carbocycles. The van der Waals surface area contributed by atoms with Gasteiger partial charge in [-0.3, -0.25) is 0 Å². The standard InChI is InChI=1S/C10H9F2N3/c11-8-3-1-2-4-9(8)15-10(12)7(5-13)6-14-15/h1-4,6H,5,13H2. The summed E-state index contributed by atoms with van der Waals surface area (Å²) in [7, 11) is 0. The van der Waals surface area contributed by atoms with Gasteiger partial charge in [-0.25, -0.2) is 9.07 Å². The molecule has 0 atom stereocenters. The molecule has 3 nitrogen and oxygen atoms in total. The van der Waals surface area contributed by atoms with Crippen molar-refractivity contribution in [1.29, 1.82) is 0 Å². The van der Waals surface area contributed by atoms with Gasteiger partial charge < -0.3 is 5.73 Å². The van der Waals surface area contributed by atoms with E-state index in [1.165, 1.54) is 24.4 Å². The van der Waals surface area contributed by atoms with Gasteiger partial charge in [-0.15, -0.1) is 0 Å². The maximum atomic E-state index is 13.6. The number of para-hydroxylation sites is 1. The second-order valence-electron chi connectivity index (χ2n) is 3.03. The van der Waals surface area contributed by atoms with E-state index in [9.17, 15) is 8.78 Å². The van der Waals surface area contributed by atoms with E-state index in [2.05, 4.69) is 5.10 Å². The van der Waals surface area contributed by atoms with Crippen molar-refractivity contribution in [3.05, 3.63) is 47.8 Å². The molecular weight excluding hydrogens is 200 g/mol. The highest BCUT2D eigenvalue weighted by atomic mass is 19.1. The van der Waals surface area contributed by atoms with E-state index in [0.29, 0.717) is 0 Å². The molecule has 1 aromatic heterocycles. The third-order valence-corrected chi connectivity index (χ3v) is 2.08. The van der Waals surface area contributed by atoms with Gasteiger partial charge in [0.25, 0.3) is 0 Å². The number of rotatable bonds is 2. The minimum atomic E-state index is -0.623. The van der Waals surface area contributed by atoms with Crippen LogP contribution in [0.5, 0.6) is 0 Å². The first-order valence-corrected chi connectivity index (χ1v) is 4.41. The molecule has 0 bridgehead atoms. The van der Waals surface area contributed by atoms with Crippen LogP contribution in [0.4, 0.5) is 8.78 Å². The Morgan fingerprint density at radius 2 is 2.00 bits per heavy atom. The van der Waals surface area contributed by atoms with E-state index in [4.69, 9.17) is 5.73 Å². The summed E-state index contributed by atoms with van der Waals surface area (Å²) in [5, 5.41) is 3.74. The molecule has 15 heavy (non-hydrogen) atoms. The lowest BCUT2D eigenvalue weighted by molar-refractivity contribution is 0.512. The van der Waals surface area contributed by atoms with Gasteiger partial charge in [0.2, 0.25) is 5.95 Å². The molecule has 2 N–H and O–H groups in total. The fourth-order valence-corrected chi connectivity index (χ4v) is 1.30. The van der Waals surface area contributed by atoms with Crippen LogP contribution < -0.4 is 5.73 Å².